The molecule has 0 spiro atoms. The Kier molecular flexibility index (Phi) is 7.39. The van der Waals surface area contributed by atoms with Gasteiger partial charge in [-0.05, 0) is 78.1 Å². The van der Waals surface area contributed by atoms with Crippen molar-refractivity contribution in [2.75, 3.05) is 4.90 Å². The quantitative estimate of drug-likeness (QED) is 0.334. The SMILES string of the molecule is N=C1C2=C(C=C3C=CC=CC3CC2)C(=O)/C1=C/C1=CC2C=CC(N(C3=CC4C=CC=CC4C=C3)c3ccc(C(F)(F)F)cc3)=CC2C=C1. The molecule has 0 saturated heterocycles. The smallest absolute Gasteiger partial charge is 0.311 e. The summed E-state index contributed by atoms with van der Waals surface area (Å²) >= 11 is 0. The van der Waals surface area contributed by atoms with Crippen LogP contribution in [-0.2, 0) is 11.0 Å². The summed E-state index contributed by atoms with van der Waals surface area (Å²) in [5, 5.41) is 8.90. The van der Waals surface area contributed by atoms with Gasteiger partial charge in [0, 0.05) is 57.8 Å². The lowest BCUT2D eigenvalue weighted by molar-refractivity contribution is -0.137. The second kappa shape index (κ2) is 11.8. The molecule has 1 aromatic carbocycles. The van der Waals surface area contributed by atoms with Crippen LogP contribution in [0.1, 0.15) is 18.4 Å². The van der Waals surface area contributed by atoms with Crippen LogP contribution in [0, 0.1) is 35.0 Å². The van der Waals surface area contributed by atoms with Gasteiger partial charge in [-0.25, -0.2) is 0 Å². The summed E-state index contributed by atoms with van der Waals surface area (Å²) in [5.74, 6) is 0.658. The molecule has 7 aliphatic carbocycles. The number of carbonyl (C=O) groups is 1. The maximum Gasteiger partial charge on any atom is 0.416 e. The summed E-state index contributed by atoms with van der Waals surface area (Å²) in [4.78, 5) is 15.6. The highest BCUT2D eigenvalue weighted by Gasteiger charge is 2.35. The van der Waals surface area contributed by atoms with Gasteiger partial charge in [0.1, 0.15) is 0 Å². The van der Waals surface area contributed by atoms with Gasteiger partial charge in [0.15, 0.2) is 5.78 Å². The molecular formula is C42H33F3N2O. The summed E-state index contributed by atoms with van der Waals surface area (Å²) in [6.07, 6.45) is 36.5. The van der Waals surface area contributed by atoms with Gasteiger partial charge < -0.3 is 4.90 Å². The summed E-state index contributed by atoms with van der Waals surface area (Å²) in [5.41, 5.74) is 5.98. The number of Topliss-reactive ketones (excluding diaryl/α,β-unsaturated/α-hetero) is 1. The Morgan fingerprint density at radius 1 is 0.750 bits per heavy atom. The van der Waals surface area contributed by atoms with Gasteiger partial charge in [0.05, 0.1) is 11.3 Å². The lowest BCUT2D eigenvalue weighted by atomic mass is 9.81. The number of nitrogens with one attached hydrogen (secondary N) is 1. The topological polar surface area (TPSA) is 44.2 Å². The van der Waals surface area contributed by atoms with Gasteiger partial charge in [-0.3, -0.25) is 10.2 Å². The van der Waals surface area contributed by atoms with Crippen LogP contribution >= 0.6 is 0 Å². The Morgan fingerprint density at radius 3 is 2.15 bits per heavy atom. The zero-order valence-electron chi connectivity index (χ0n) is 26.1. The molecule has 1 N–H and O–H groups in total. The Morgan fingerprint density at radius 2 is 1.40 bits per heavy atom. The summed E-state index contributed by atoms with van der Waals surface area (Å²) in [6, 6.07) is 5.33. The number of rotatable bonds is 4. The maximum atomic E-state index is 13.6. The third-order valence-electron chi connectivity index (χ3n) is 10.1. The summed E-state index contributed by atoms with van der Waals surface area (Å²) in [6.45, 7) is 0. The standard InChI is InChI=1S/C42H33F3N2O/c43-42(44,45)33-14-18-34(19-15-33)47(35-16-11-27-5-1-3-7-29(27)23-35)36-17-12-31-21-26(9-10-32(31)24-36)22-39-40(46)37-20-13-28-6-2-4-8-30(28)25-38(37)41(39)48/h1-12,14-19,21-25,27-29,31-32,46H,13,20H2/b39-22+,46-40?. The van der Waals surface area contributed by atoms with E-state index in [-0.39, 0.29) is 35.4 Å². The summed E-state index contributed by atoms with van der Waals surface area (Å²) in [7, 11) is 0. The average Bonchev–Trinajstić information content (AvgIpc) is 3.21. The van der Waals surface area contributed by atoms with Crippen molar-refractivity contribution in [2.24, 2.45) is 29.6 Å². The van der Waals surface area contributed by atoms with Crippen molar-refractivity contribution < 1.29 is 18.0 Å². The van der Waals surface area contributed by atoms with Gasteiger partial charge >= 0.3 is 6.18 Å². The highest BCUT2D eigenvalue weighted by atomic mass is 19.4. The zero-order chi connectivity index (χ0) is 33.0. The molecule has 7 aliphatic rings. The molecule has 0 aromatic heterocycles. The fourth-order valence-corrected chi connectivity index (χ4v) is 7.55. The van der Waals surface area contributed by atoms with Crippen molar-refractivity contribution in [3.05, 3.63) is 185 Å². The van der Waals surface area contributed by atoms with Crippen LogP contribution in [0.2, 0.25) is 0 Å². The lowest BCUT2D eigenvalue weighted by Gasteiger charge is -2.35. The largest absolute Gasteiger partial charge is 0.416 e. The highest BCUT2D eigenvalue weighted by Crippen LogP contribution is 2.41. The van der Waals surface area contributed by atoms with Crippen molar-refractivity contribution in [1.82, 2.24) is 0 Å². The van der Waals surface area contributed by atoms with Crippen molar-refractivity contribution in [2.45, 2.75) is 19.0 Å². The number of halogens is 3. The minimum atomic E-state index is -4.41. The first kappa shape index (κ1) is 30.1. The number of nitrogens with zero attached hydrogens (tertiary/aromatic N) is 1. The molecule has 0 heterocycles. The zero-order valence-corrected chi connectivity index (χ0v) is 26.1. The number of allylic oxidation sites excluding steroid dienone is 24. The van der Waals surface area contributed by atoms with Crippen molar-refractivity contribution in [3.63, 3.8) is 0 Å². The number of carbonyl (C=O) groups excluding carboxylic acids is 1. The van der Waals surface area contributed by atoms with E-state index >= 15 is 0 Å². The molecule has 3 nitrogen and oxygen atoms in total. The van der Waals surface area contributed by atoms with E-state index in [0.717, 1.165) is 46.7 Å². The van der Waals surface area contributed by atoms with Crippen LogP contribution in [0.25, 0.3) is 0 Å². The molecule has 5 atom stereocenters. The molecule has 0 saturated carbocycles. The number of anilines is 1. The Labute approximate surface area is 278 Å². The Balaban J connectivity index is 1.07. The predicted molar refractivity (Wildman–Crippen MR) is 185 cm³/mol. The molecule has 238 valence electrons. The first-order chi connectivity index (χ1) is 23.2. The van der Waals surface area contributed by atoms with E-state index in [2.05, 4.69) is 60.8 Å². The molecular weight excluding hydrogens is 605 g/mol. The van der Waals surface area contributed by atoms with Crippen LogP contribution in [0.4, 0.5) is 18.9 Å². The Hall–Kier alpha value is -5.23. The molecule has 0 bridgehead atoms. The molecule has 0 radical (unpaired) electrons. The van der Waals surface area contributed by atoms with E-state index in [4.69, 9.17) is 5.41 Å². The molecule has 1 aromatic rings. The van der Waals surface area contributed by atoms with E-state index in [0.29, 0.717) is 29.0 Å². The number of ketones is 1. The van der Waals surface area contributed by atoms with E-state index < -0.39 is 11.7 Å². The monoisotopic (exact) mass is 638 g/mol. The maximum absolute atomic E-state index is 13.6. The highest BCUT2D eigenvalue weighted by molar-refractivity contribution is 6.40. The second-order valence-corrected chi connectivity index (χ2v) is 13.1. The predicted octanol–water partition coefficient (Wildman–Crippen LogP) is 9.79. The third-order valence-corrected chi connectivity index (χ3v) is 10.1. The van der Waals surface area contributed by atoms with Crippen LogP contribution < -0.4 is 4.90 Å². The van der Waals surface area contributed by atoms with E-state index in [1.165, 1.54) is 12.1 Å². The van der Waals surface area contributed by atoms with E-state index in [1.807, 2.05) is 59.6 Å². The van der Waals surface area contributed by atoms with Crippen molar-refractivity contribution >= 4 is 17.2 Å². The Bertz CT molecular complexity index is 2010. The van der Waals surface area contributed by atoms with Gasteiger partial charge in [-0.15, -0.1) is 0 Å². The molecule has 8 rings (SSSR count). The van der Waals surface area contributed by atoms with Crippen LogP contribution in [0.5, 0.6) is 0 Å². The number of hydrogen-bond donors (Lipinski definition) is 1. The van der Waals surface area contributed by atoms with Crippen molar-refractivity contribution in [3.8, 4) is 0 Å². The minimum Gasteiger partial charge on any atom is -0.311 e. The molecule has 5 unspecified atom stereocenters. The molecule has 48 heavy (non-hydrogen) atoms. The van der Waals surface area contributed by atoms with E-state index in [1.54, 1.807) is 0 Å². The van der Waals surface area contributed by atoms with Crippen LogP contribution in [0.3, 0.4) is 0 Å². The number of benzene rings is 1. The molecule has 0 amide bonds. The normalized spacial score (nSPS) is 29.1. The number of fused-ring (bicyclic) bond motifs is 3. The van der Waals surface area contributed by atoms with Gasteiger partial charge in [-0.2, -0.15) is 13.2 Å². The fourth-order valence-electron chi connectivity index (χ4n) is 7.55. The molecule has 0 aliphatic heterocycles. The fraction of sp³-hybridized carbons (Fsp3) is 0.190. The van der Waals surface area contributed by atoms with Gasteiger partial charge in [-0.1, -0.05) is 91.1 Å². The third kappa shape index (κ3) is 5.45. The number of hydrogen-bond acceptors (Lipinski definition) is 3. The molecule has 6 heteroatoms. The van der Waals surface area contributed by atoms with Crippen molar-refractivity contribution in [1.29, 1.82) is 5.41 Å². The van der Waals surface area contributed by atoms with Crippen LogP contribution in [-0.4, -0.2) is 11.5 Å². The first-order valence-electron chi connectivity index (χ1n) is 16.4. The van der Waals surface area contributed by atoms with Crippen LogP contribution in [0.15, 0.2) is 179 Å². The minimum absolute atomic E-state index is 0.0175. The van der Waals surface area contributed by atoms with Gasteiger partial charge in [0.2, 0.25) is 0 Å². The lowest BCUT2D eigenvalue weighted by Crippen LogP contribution is -2.27. The number of alkyl halides is 3. The first-order valence-corrected chi connectivity index (χ1v) is 16.4. The average molecular weight is 639 g/mol. The summed E-state index contributed by atoms with van der Waals surface area (Å²) < 4.78 is 40.3. The van der Waals surface area contributed by atoms with Gasteiger partial charge in [0.25, 0.3) is 0 Å². The molecule has 0 fully saturated rings. The van der Waals surface area contributed by atoms with E-state index in [9.17, 15) is 18.0 Å². The second-order valence-electron chi connectivity index (χ2n) is 13.1.